The molecule has 1 aromatic rings. The van der Waals surface area contributed by atoms with E-state index >= 15 is 0 Å². The summed E-state index contributed by atoms with van der Waals surface area (Å²) in [5, 5.41) is 15.5. The molecule has 0 unspecified atom stereocenters. The van der Waals surface area contributed by atoms with E-state index in [1.807, 2.05) is 6.07 Å². The van der Waals surface area contributed by atoms with Crippen molar-refractivity contribution in [3.8, 4) is 6.07 Å². The lowest BCUT2D eigenvalue weighted by molar-refractivity contribution is 0.824. The number of nitrogens with zero attached hydrogens (tertiary/aromatic N) is 3. The summed E-state index contributed by atoms with van der Waals surface area (Å²) in [6, 6.07) is 3.18. The molecule has 0 aliphatic heterocycles. The lowest BCUT2D eigenvalue weighted by Gasteiger charge is -1.90. The molecule has 0 aromatic carbocycles. The molecule has 1 aromatic heterocycles. The van der Waals surface area contributed by atoms with Crippen LogP contribution in [0.25, 0.3) is 0 Å². The minimum absolute atomic E-state index is 0. The summed E-state index contributed by atoms with van der Waals surface area (Å²) in [4.78, 5) is 0. The molecule has 0 aliphatic carbocycles. The highest BCUT2D eigenvalue weighted by Crippen LogP contribution is 2.13. The third-order valence-corrected chi connectivity index (χ3v) is 1.30. The molecule has 0 fully saturated rings. The minimum atomic E-state index is 0. The Labute approximate surface area is 72.7 Å². The van der Waals surface area contributed by atoms with Crippen molar-refractivity contribution in [2.75, 3.05) is 0 Å². The van der Waals surface area contributed by atoms with Gasteiger partial charge in [-0.25, -0.2) is 0 Å². The maximum atomic E-state index is 8.38. The normalized spacial score (nSPS) is 8.09. The van der Waals surface area contributed by atoms with Crippen LogP contribution in [0.5, 0.6) is 0 Å². The summed E-state index contributed by atoms with van der Waals surface area (Å²) in [5.74, 6) is 0. The van der Waals surface area contributed by atoms with Gasteiger partial charge in [0.05, 0.1) is 5.56 Å². The van der Waals surface area contributed by atoms with Gasteiger partial charge in [-0.3, -0.25) is 0 Å². The van der Waals surface area contributed by atoms with Crippen LogP contribution in [-0.4, -0.2) is 15.7 Å². The average Bonchev–Trinajstić information content (AvgIpc) is 1.94. The average molecular weight is 192 g/mol. The third kappa shape index (κ3) is 2.31. The predicted molar refractivity (Wildman–Crippen MR) is 40.4 cm³/mol. The topological polar surface area (TPSA) is 81.1 Å². The maximum absolute atomic E-state index is 8.38. The second kappa shape index (κ2) is 4.09. The first kappa shape index (κ1) is 10.1. The monoisotopic (exact) mass is 191 g/mol. The van der Waals surface area contributed by atoms with Crippen molar-refractivity contribution in [3.05, 3.63) is 21.9 Å². The molecule has 1 rings (SSSR count). The maximum Gasteiger partial charge on any atom is 0.169 e. The van der Waals surface area contributed by atoms with Crippen molar-refractivity contribution >= 4 is 23.2 Å². The first-order chi connectivity index (χ1) is 4.74. The summed E-state index contributed by atoms with van der Waals surface area (Å²) in [6.45, 7) is 0. The predicted octanol–water partition coefficient (Wildman–Crippen LogP) is 0.830. The first-order valence-corrected chi connectivity index (χ1v) is 3.08. The van der Waals surface area contributed by atoms with E-state index < -0.39 is 0 Å². The highest BCUT2D eigenvalue weighted by Gasteiger charge is 2.00. The van der Waals surface area contributed by atoms with Crippen LogP contribution in [0, 0.1) is 11.3 Å². The van der Waals surface area contributed by atoms with Gasteiger partial charge in [0.25, 0.3) is 0 Å². The molecular weight excluding hydrogens is 189 g/mol. The highest BCUT2D eigenvalue weighted by atomic mass is 35.5. The number of aromatic nitrogens is 2. The van der Waals surface area contributed by atoms with E-state index in [2.05, 4.69) is 10.2 Å². The van der Waals surface area contributed by atoms with Gasteiger partial charge in [-0.1, -0.05) is 23.2 Å². The molecule has 4 nitrogen and oxygen atoms in total. The summed E-state index contributed by atoms with van der Waals surface area (Å²) >= 11 is 10.9. The van der Waals surface area contributed by atoms with E-state index in [4.69, 9.17) is 28.5 Å². The molecule has 0 radical (unpaired) electrons. The SMILES string of the molecule is N#Cc1cc(Cl)nnc1Cl.O. The van der Waals surface area contributed by atoms with Crippen LogP contribution in [0.15, 0.2) is 6.07 Å². The van der Waals surface area contributed by atoms with Gasteiger partial charge in [0.2, 0.25) is 0 Å². The number of hydrogen-bond donors (Lipinski definition) is 0. The fourth-order valence-electron chi connectivity index (χ4n) is 0.431. The van der Waals surface area contributed by atoms with E-state index in [0.717, 1.165) is 0 Å². The van der Waals surface area contributed by atoms with Gasteiger partial charge >= 0.3 is 0 Å². The van der Waals surface area contributed by atoms with Crippen LogP contribution in [0.3, 0.4) is 0 Å². The fraction of sp³-hybridized carbons (Fsp3) is 0. The molecule has 2 N–H and O–H groups in total. The van der Waals surface area contributed by atoms with Crippen molar-refractivity contribution < 1.29 is 5.48 Å². The first-order valence-electron chi connectivity index (χ1n) is 2.33. The van der Waals surface area contributed by atoms with E-state index in [-0.39, 0.29) is 21.3 Å². The van der Waals surface area contributed by atoms with E-state index in [1.165, 1.54) is 6.07 Å². The van der Waals surface area contributed by atoms with E-state index in [0.29, 0.717) is 0 Å². The smallest absolute Gasteiger partial charge is 0.169 e. The zero-order chi connectivity index (χ0) is 7.56. The van der Waals surface area contributed by atoms with Crippen molar-refractivity contribution in [3.63, 3.8) is 0 Å². The molecule has 58 valence electrons. The molecule has 0 atom stereocenters. The Kier molecular flexibility index (Phi) is 3.76. The Morgan fingerprint density at radius 2 is 2.00 bits per heavy atom. The Morgan fingerprint density at radius 1 is 1.36 bits per heavy atom. The summed E-state index contributed by atoms with van der Waals surface area (Å²) < 4.78 is 0. The standard InChI is InChI=1S/C5HCl2N3.H2O/c6-4-1-3(2-8)5(7)10-9-4;/h1H;1H2. The summed E-state index contributed by atoms with van der Waals surface area (Å²) in [5.41, 5.74) is 0.238. The van der Waals surface area contributed by atoms with Crippen LogP contribution < -0.4 is 0 Å². The zero-order valence-electron chi connectivity index (χ0n) is 5.17. The fourth-order valence-corrected chi connectivity index (χ4v) is 0.713. The molecule has 11 heavy (non-hydrogen) atoms. The molecule has 0 saturated heterocycles. The molecule has 1 heterocycles. The van der Waals surface area contributed by atoms with Gasteiger partial charge in [-0.15, -0.1) is 10.2 Å². The van der Waals surface area contributed by atoms with Crippen LogP contribution in [0.4, 0.5) is 0 Å². The lowest BCUT2D eigenvalue weighted by Crippen LogP contribution is -1.86. The van der Waals surface area contributed by atoms with Crippen molar-refractivity contribution in [2.24, 2.45) is 0 Å². The van der Waals surface area contributed by atoms with Crippen LogP contribution in [-0.2, 0) is 0 Å². The van der Waals surface area contributed by atoms with Crippen LogP contribution in [0.2, 0.25) is 10.3 Å². The second-order valence-corrected chi connectivity index (χ2v) is 2.23. The zero-order valence-corrected chi connectivity index (χ0v) is 6.69. The van der Waals surface area contributed by atoms with Gasteiger partial charge in [-0.2, -0.15) is 5.26 Å². The Hall–Kier alpha value is -0.890. The van der Waals surface area contributed by atoms with Crippen LogP contribution in [0.1, 0.15) is 5.56 Å². The van der Waals surface area contributed by atoms with Crippen molar-refractivity contribution in [2.45, 2.75) is 0 Å². The van der Waals surface area contributed by atoms with Gasteiger partial charge in [0.15, 0.2) is 10.3 Å². The van der Waals surface area contributed by atoms with Gasteiger partial charge < -0.3 is 5.48 Å². The van der Waals surface area contributed by atoms with Crippen molar-refractivity contribution in [1.29, 1.82) is 5.26 Å². The Bertz CT molecular complexity index is 296. The molecule has 0 bridgehead atoms. The van der Waals surface area contributed by atoms with E-state index in [9.17, 15) is 0 Å². The highest BCUT2D eigenvalue weighted by molar-refractivity contribution is 6.32. The molecule has 0 saturated carbocycles. The van der Waals surface area contributed by atoms with Crippen LogP contribution >= 0.6 is 23.2 Å². The molecule has 6 heteroatoms. The van der Waals surface area contributed by atoms with Gasteiger partial charge in [0.1, 0.15) is 6.07 Å². The Balaban J connectivity index is 0.000001000. The lowest BCUT2D eigenvalue weighted by atomic mass is 10.3. The summed E-state index contributed by atoms with van der Waals surface area (Å²) in [6.07, 6.45) is 0. The molecule has 0 aliphatic rings. The minimum Gasteiger partial charge on any atom is -0.412 e. The number of rotatable bonds is 0. The van der Waals surface area contributed by atoms with Gasteiger partial charge in [-0.05, 0) is 6.07 Å². The van der Waals surface area contributed by atoms with Crippen molar-refractivity contribution in [1.82, 2.24) is 10.2 Å². The molecular formula is C5H3Cl2N3O. The molecule has 0 amide bonds. The quantitative estimate of drug-likeness (QED) is 0.610. The Morgan fingerprint density at radius 3 is 2.45 bits per heavy atom. The number of nitriles is 1. The molecule has 0 spiro atoms. The second-order valence-electron chi connectivity index (χ2n) is 1.48. The third-order valence-electron chi connectivity index (χ3n) is 0.839. The number of halogens is 2. The summed E-state index contributed by atoms with van der Waals surface area (Å²) in [7, 11) is 0. The van der Waals surface area contributed by atoms with Gasteiger partial charge in [0, 0.05) is 0 Å². The number of hydrogen-bond acceptors (Lipinski definition) is 3. The largest absolute Gasteiger partial charge is 0.412 e. The van der Waals surface area contributed by atoms with E-state index in [1.54, 1.807) is 0 Å².